The fourth-order valence-corrected chi connectivity index (χ4v) is 4.28. The number of anilines is 1. The molecular weight excluding hydrogens is 410 g/mol. The Morgan fingerprint density at radius 3 is 2.18 bits per heavy atom. The maximum Gasteiger partial charge on any atom is 0.253 e. The van der Waals surface area contributed by atoms with E-state index in [0.717, 1.165) is 42.7 Å². The van der Waals surface area contributed by atoms with Gasteiger partial charge < -0.3 is 15.5 Å². The van der Waals surface area contributed by atoms with Crippen LogP contribution < -0.4 is 15.5 Å². The molecule has 170 valence electrons. The Kier molecular flexibility index (Phi) is 7.08. The van der Waals surface area contributed by atoms with Gasteiger partial charge in [-0.3, -0.25) is 9.59 Å². The molecule has 2 N–H and O–H groups in total. The molecule has 1 aliphatic heterocycles. The zero-order chi connectivity index (χ0) is 23.2. The molecule has 5 nitrogen and oxygen atoms in total. The van der Waals surface area contributed by atoms with E-state index in [-0.39, 0.29) is 23.9 Å². The van der Waals surface area contributed by atoms with Crippen LogP contribution in [0, 0.1) is 6.92 Å². The van der Waals surface area contributed by atoms with Crippen molar-refractivity contribution in [2.75, 3.05) is 18.0 Å². The zero-order valence-electron chi connectivity index (χ0n) is 19.3. The number of para-hydroxylation sites is 1. The molecular formula is C28H31N3O2. The summed E-state index contributed by atoms with van der Waals surface area (Å²) in [6.45, 7) is 5.59. The van der Waals surface area contributed by atoms with Gasteiger partial charge in [-0.2, -0.15) is 0 Å². The Morgan fingerprint density at radius 2 is 1.48 bits per heavy atom. The van der Waals surface area contributed by atoms with E-state index >= 15 is 0 Å². The van der Waals surface area contributed by atoms with Gasteiger partial charge in [-0.25, -0.2) is 0 Å². The molecule has 1 aliphatic rings. The van der Waals surface area contributed by atoms with E-state index < -0.39 is 0 Å². The summed E-state index contributed by atoms with van der Waals surface area (Å²) in [4.78, 5) is 27.9. The summed E-state index contributed by atoms with van der Waals surface area (Å²) in [6.07, 6.45) is 1.68. The molecule has 2 amide bonds. The summed E-state index contributed by atoms with van der Waals surface area (Å²) in [6, 6.07) is 25.4. The van der Waals surface area contributed by atoms with Gasteiger partial charge in [0.2, 0.25) is 0 Å². The molecule has 0 unspecified atom stereocenters. The lowest BCUT2D eigenvalue weighted by molar-refractivity contribution is 0.0928. The van der Waals surface area contributed by atoms with Crippen molar-refractivity contribution in [3.63, 3.8) is 0 Å². The van der Waals surface area contributed by atoms with E-state index in [4.69, 9.17) is 0 Å². The average Bonchev–Trinajstić information content (AvgIpc) is 2.85. The van der Waals surface area contributed by atoms with Crippen LogP contribution >= 0.6 is 0 Å². The average molecular weight is 442 g/mol. The third-order valence-electron chi connectivity index (χ3n) is 6.28. The lowest BCUT2D eigenvalue weighted by atomic mass is 10.0. The van der Waals surface area contributed by atoms with Gasteiger partial charge in [-0.05, 0) is 56.5 Å². The van der Waals surface area contributed by atoms with E-state index in [1.807, 2.05) is 92.7 Å². The summed E-state index contributed by atoms with van der Waals surface area (Å²) >= 11 is 0. The highest BCUT2D eigenvalue weighted by Gasteiger charge is 2.24. The number of benzene rings is 3. The third kappa shape index (κ3) is 5.61. The minimum Gasteiger partial charge on any atom is -0.371 e. The van der Waals surface area contributed by atoms with E-state index in [2.05, 4.69) is 15.5 Å². The molecule has 3 aromatic carbocycles. The Hall–Kier alpha value is -3.60. The first kappa shape index (κ1) is 22.6. The maximum atomic E-state index is 13.1. The molecule has 1 atom stereocenters. The lowest BCUT2D eigenvalue weighted by Gasteiger charge is -2.35. The lowest BCUT2D eigenvalue weighted by Crippen LogP contribution is -2.45. The summed E-state index contributed by atoms with van der Waals surface area (Å²) in [5.74, 6) is -0.0973. The molecule has 5 heteroatoms. The number of nitrogens with zero attached hydrogens (tertiary/aromatic N) is 1. The topological polar surface area (TPSA) is 61.4 Å². The number of piperidine rings is 1. The first-order valence-electron chi connectivity index (χ1n) is 11.6. The molecule has 3 aromatic rings. The molecule has 4 rings (SSSR count). The fraction of sp³-hybridized carbons (Fsp3) is 0.286. The molecule has 0 spiro atoms. The number of carbonyl (C=O) groups excluding carboxylic acids is 2. The van der Waals surface area contributed by atoms with Gasteiger partial charge in [0.05, 0.1) is 11.6 Å². The van der Waals surface area contributed by atoms with Crippen molar-refractivity contribution < 1.29 is 9.59 Å². The highest BCUT2D eigenvalue weighted by molar-refractivity contribution is 6.00. The molecule has 0 aromatic heterocycles. The number of rotatable bonds is 6. The van der Waals surface area contributed by atoms with Gasteiger partial charge in [-0.15, -0.1) is 0 Å². The van der Waals surface area contributed by atoms with Crippen molar-refractivity contribution in [2.24, 2.45) is 0 Å². The maximum absolute atomic E-state index is 13.1. The fourth-order valence-electron chi connectivity index (χ4n) is 4.28. The second-order valence-electron chi connectivity index (χ2n) is 8.72. The first-order valence-corrected chi connectivity index (χ1v) is 11.6. The van der Waals surface area contributed by atoms with Gasteiger partial charge in [0, 0.05) is 30.4 Å². The highest BCUT2D eigenvalue weighted by Crippen LogP contribution is 2.25. The second kappa shape index (κ2) is 10.3. The van der Waals surface area contributed by atoms with Crippen LogP contribution in [0.2, 0.25) is 0 Å². The Labute approximate surface area is 195 Å². The molecule has 0 aliphatic carbocycles. The highest BCUT2D eigenvalue weighted by atomic mass is 16.2. The zero-order valence-corrected chi connectivity index (χ0v) is 19.3. The van der Waals surface area contributed by atoms with Crippen LogP contribution in [0.3, 0.4) is 0 Å². The summed E-state index contributed by atoms with van der Waals surface area (Å²) in [7, 11) is 0. The number of carbonyl (C=O) groups is 2. The summed E-state index contributed by atoms with van der Waals surface area (Å²) in [5.41, 5.74) is 4.53. The van der Waals surface area contributed by atoms with Crippen LogP contribution in [-0.4, -0.2) is 30.9 Å². The number of hydrogen-bond donors (Lipinski definition) is 2. The van der Waals surface area contributed by atoms with Crippen LogP contribution in [0.5, 0.6) is 0 Å². The predicted molar refractivity (Wildman–Crippen MR) is 133 cm³/mol. The summed E-state index contributed by atoms with van der Waals surface area (Å²) in [5, 5.41) is 6.29. The minimum atomic E-state index is -0.0746. The molecule has 0 radical (unpaired) electrons. The Bertz CT molecular complexity index is 1090. The number of hydrogen-bond acceptors (Lipinski definition) is 3. The standard InChI is InChI=1S/C28H31N3O2/c1-20-12-14-23(15-13-20)27(32)30-24-16-18-31(19-17-24)26-11-7-6-10-25(26)28(33)29-21(2)22-8-4-3-5-9-22/h3-15,21,24H,16-19H2,1-2H3,(H,29,33)(H,30,32)/t21-/m1/s1. The van der Waals surface area contributed by atoms with E-state index in [1.54, 1.807) is 0 Å². The number of amides is 2. The van der Waals surface area contributed by atoms with Crippen molar-refractivity contribution in [3.8, 4) is 0 Å². The molecule has 1 saturated heterocycles. The van der Waals surface area contributed by atoms with Crippen LogP contribution in [0.25, 0.3) is 0 Å². The first-order chi connectivity index (χ1) is 16.0. The van der Waals surface area contributed by atoms with Crippen molar-refractivity contribution in [3.05, 3.63) is 101 Å². The molecule has 33 heavy (non-hydrogen) atoms. The Morgan fingerprint density at radius 1 is 0.848 bits per heavy atom. The van der Waals surface area contributed by atoms with Crippen molar-refractivity contribution >= 4 is 17.5 Å². The number of nitrogens with one attached hydrogen (secondary N) is 2. The van der Waals surface area contributed by atoms with Gasteiger partial charge in [0.25, 0.3) is 11.8 Å². The molecule has 1 fully saturated rings. The van der Waals surface area contributed by atoms with Gasteiger partial charge >= 0.3 is 0 Å². The van der Waals surface area contributed by atoms with Gasteiger partial charge in [0.15, 0.2) is 0 Å². The van der Waals surface area contributed by atoms with Crippen molar-refractivity contribution in [1.29, 1.82) is 0 Å². The van der Waals surface area contributed by atoms with Crippen LogP contribution in [0.1, 0.15) is 57.7 Å². The Balaban J connectivity index is 1.37. The van der Waals surface area contributed by atoms with Gasteiger partial charge in [-0.1, -0.05) is 60.2 Å². The van der Waals surface area contributed by atoms with Gasteiger partial charge in [0.1, 0.15) is 0 Å². The number of aryl methyl sites for hydroxylation is 1. The van der Waals surface area contributed by atoms with Crippen LogP contribution in [0.15, 0.2) is 78.9 Å². The van der Waals surface area contributed by atoms with Crippen LogP contribution in [0.4, 0.5) is 5.69 Å². The predicted octanol–water partition coefficient (Wildman–Crippen LogP) is 4.88. The monoisotopic (exact) mass is 441 g/mol. The molecule has 0 bridgehead atoms. The van der Waals surface area contributed by atoms with E-state index in [9.17, 15) is 9.59 Å². The van der Waals surface area contributed by atoms with Crippen molar-refractivity contribution in [1.82, 2.24) is 10.6 Å². The second-order valence-corrected chi connectivity index (χ2v) is 8.72. The smallest absolute Gasteiger partial charge is 0.253 e. The largest absolute Gasteiger partial charge is 0.371 e. The van der Waals surface area contributed by atoms with Crippen LogP contribution in [-0.2, 0) is 0 Å². The SMILES string of the molecule is Cc1ccc(C(=O)NC2CCN(c3ccccc3C(=O)N[C@H](C)c3ccccc3)CC2)cc1. The minimum absolute atomic E-state index is 0.0249. The molecule has 0 saturated carbocycles. The van der Waals surface area contributed by atoms with Crippen molar-refractivity contribution in [2.45, 2.75) is 38.8 Å². The third-order valence-corrected chi connectivity index (χ3v) is 6.28. The quantitative estimate of drug-likeness (QED) is 0.573. The molecule has 1 heterocycles. The van der Waals surface area contributed by atoms with E-state index in [1.165, 1.54) is 0 Å². The van der Waals surface area contributed by atoms with E-state index in [0.29, 0.717) is 11.1 Å². The normalized spacial score (nSPS) is 15.0. The summed E-state index contributed by atoms with van der Waals surface area (Å²) < 4.78 is 0.